The first-order valence-corrected chi connectivity index (χ1v) is 4.88. The SMILES string of the molecule is CC(=O)COCC#Cc1ccc(Cl)cc1. The van der Waals surface area contributed by atoms with E-state index in [0.717, 1.165) is 5.56 Å². The molecule has 3 heteroatoms. The van der Waals surface area contributed by atoms with Gasteiger partial charge in [-0.1, -0.05) is 23.4 Å². The largest absolute Gasteiger partial charge is 0.361 e. The molecule has 0 aliphatic carbocycles. The van der Waals surface area contributed by atoms with Crippen molar-refractivity contribution in [3.63, 3.8) is 0 Å². The molecule has 0 amide bonds. The number of carbonyl (C=O) groups excluding carboxylic acids is 1. The molecule has 0 spiro atoms. The minimum Gasteiger partial charge on any atom is -0.361 e. The lowest BCUT2D eigenvalue weighted by Crippen LogP contribution is -2.03. The van der Waals surface area contributed by atoms with Crippen LogP contribution in [-0.2, 0) is 9.53 Å². The lowest BCUT2D eigenvalue weighted by Gasteiger charge is -1.93. The van der Waals surface area contributed by atoms with E-state index in [-0.39, 0.29) is 19.0 Å². The number of benzene rings is 1. The standard InChI is InChI=1S/C12H11ClO2/c1-10(14)9-15-8-2-3-11-4-6-12(13)7-5-11/h4-7H,8-9H2,1H3. The number of hydrogen-bond donors (Lipinski definition) is 0. The number of rotatable bonds is 3. The summed E-state index contributed by atoms with van der Waals surface area (Å²) in [6.45, 7) is 1.87. The molecule has 0 saturated carbocycles. The summed E-state index contributed by atoms with van der Waals surface area (Å²) in [5.74, 6) is 5.71. The second kappa shape index (κ2) is 6.23. The molecule has 1 rings (SSSR count). The highest BCUT2D eigenvalue weighted by atomic mass is 35.5. The van der Waals surface area contributed by atoms with E-state index in [0.29, 0.717) is 5.02 Å². The van der Waals surface area contributed by atoms with Gasteiger partial charge in [0.15, 0.2) is 5.78 Å². The van der Waals surface area contributed by atoms with Crippen LogP contribution in [0.4, 0.5) is 0 Å². The van der Waals surface area contributed by atoms with Gasteiger partial charge in [0.05, 0.1) is 0 Å². The van der Waals surface area contributed by atoms with E-state index in [1.807, 2.05) is 12.1 Å². The molecule has 0 atom stereocenters. The van der Waals surface area contributed by atoms with Crippen LogP contribution < -0.4 is 0 Å². The number of Topliss-reactive ketones (excluding diaryl/α,β-unsaturated/α-hetero) is 1. The average Bonchev–Trinajstić information content (AvgIpc) is 2.20. The quantitative estimate of drug-likeness (QED) is 0.580. The smallest absolute Gasteiger partial charge is 0.155 e. The summed E-state index contributed by atoms with van der Waals surface area (Å²) in [4.78, 5) is 10.5. The Morgan fingerprint density at radius 2 is 2.07 bits per heavy atom. The molecule has 0 heterocycles. The number of ether oxygens (including phenoxy) is 1. The minimum absolute atomic E-state index is 0.00305. The molecule has 0 aromatic heterocycles. The van der Waals surface area contributed by atoms with Gasteiger partial charge in [-0.15, -0.1) is 0 Å². The molecule has 0 saturated heterocycles. The maximum atomic E-state index is 10.5. The Kier molecular flexibility index (Phi) is 4.89. The molecule has 0 N–H and O–H groups in total. The normalized spacial score (nSPS) is 9.20. The molecule has 2 nitrogen and oxygen atoms in total. The zero-order valence-electron chi connectivity index (χ0n) is 8.42. The number of halogens is 1. The Balaban J connectivity index is 2.38. The zero-order valence-corrected chi connectivity index (χ0v) is 9.17. The Bertz CT molecular complexity index is 384. The van der Waals surface area contributed by atoms with Crippen molar-refractivity contribution in [1.29, 1.82) is 0 Å². The van der Waals surface area contributed by atoms with Gasteiger partial charge in [-0.2, -0.15) is 0 Å². The minimum atomic E-state index is 0.00305. The van der Waals surface area contributed by atoms with Gasteiger partial charge < -0.3 is 4.74 Å². The molecule has 1 aromatic rings. The Morgan fingerprint density at radius 3 is 2.67 bits per heavy atom. The topological polar surface area (TPSA) is 26.3 Å². The Hall–Kier alpha value is -1.30. The lowest BCUT2D eigenvalue weighted by molar-refractivity contribution is -0.120. The molecule has 0 aliphatic heterocycles. The van der Waals surface area contributed by atoms with E-state index in [1.165, 1.54) is 6.92 Å². The highest BCUT2D eigenvalue weighted by molar-refractivity contribution is 6.30. The fraction of sp³-hybridized carbons (Fsp3) is 0.250. The molecule has 0 unspecified atom stereocenters. The molecule has 78 valence electrons. The Labute approximate surface area is 94.2 Å². The van der Waals surface area contributed by atoms with E-state index >= 15 is 0 Å². The van der Waals surface area contributed by atoms with E-state index < -0.39 is 0 Å². The van der Waals surface area contributed by atoms with Crippen molar-refractivity contribution < 1.29 is 9.53 Å². The maximum absolute atomic E-state index is 10.5. The second-order valence-electron chi connectivity index (χ2n) is 3.00. The van der Waals surface area contributed by atoms with Crippen molar-refractivity contribution in [3.05, 3.63) is 34.9 Å². The van der Waals surface area contributed by atoms with Crippen LogP contribution in [0.15, 0.2) is 24.3 Å². The first kappa shape index (κ1) is 11.8. The third kappa shape index (κ3) is 5.21. The van der Waals surface area contributed by atoms with E-state index in [4.69, 9.17) is 16.3 Å². The summed E-state index contributed by atoms with van der Waals surface area (Å²) in [6, 6.07) is 7.23. The van der Waals surface area contributed by atoms with Crippen LogP contribution in [0.1, 0.15) is 12.5 Å². The van der Waals surface area contributed by atoms with Crippen LogP contribution in [0, 0.1) is 11.8 Å². The van der Waals surface area contributed by atoms with Crippen LogP contribution in [0.25, 0.3) is 0 Å². The molecule has 15 heavy (non-hydrogen) atoms. The molecule has 0 aliphatic rings. The summed E-state index contributed by atoms with van der Waals surface area (Å²) in [7, 11) is 0. The molecule has 0 fully saturated rings. The lowest BCUT2D eigenvalue weighted by atomic mass is 10.2. The number of ketones is 1. The van der Waals surface area contributed by atoms with Crippen LogP contribution in [0.5, 0.6) is 0 Å². The average molecular weight is 223 g/mol. The molecule has 0 radical (unpaired) electrons. The summed E-state index contributed by atoms with van der Waals surface area (Å²) in [5.41, 5.74) is 0.880. The number of carbonyl (C=O) groups is 1. The van der Waals surface area contributed by atoms with Crippen molar-refractivity contribution in [2.24, 2.45) is 0 Å². The van der Waals surface area contributed by atoms with Gasteiger partial charge in [0.1, 0.15) is 13.2 Å². The fourth-order valence-electron chi connectivity index (χ4n) is 0.917. The van der Waals surface area contributed by atoms with Gasteiger partial charge in [-0.05, 0) is 31.2 Å². The first-order chi connectivity index (χ1) is 7.18. The van der Waals surface area contributed by atoms with Crippen molar-refractivity contribution in [2.75, 3.05) is 13.2 Å². The summed E-state index contributed by atoms with van der Waals surface area (Å²) in [5, 5.41) is 0.688. The highest BCUT2D eigenvalue weighted by Crippen LogP contribution is 2.08. The predicted molar refractivity (Wildman–Crippen MR) is 59.8 cm³/mol. The van der Waals surface area contributed by atoms with Crippen LogP contribution >= 0.6 is 11.6 Å². The van der Waals surface area contributed by atoms with E-state index in [2.05, 4.69) is 11.8 Å². The second-order valence-corrected chi connectivity index (χ2v) is 3.44. The fourth-order valence-corrected chi connectivity index (χ4v) is 1.04. The van der Waals surface area contributed by atoms with E-state index in [1.54, 1.807) is 12.1 Å². The van der Waals surface area contributed by atoms with Crippen molar-refractivity contribution in [2.45, 2.75) is 6.92 Å². The van der Waals surface area contributed by atoms with Crippen LogP contribution in [-0.4, -0.2) is 19.0 Å². The predicted octanol–water partition coefficient (Wildman–Crippen LogP) is 2.30. The van der Waals surface area contributed by atoms with Crippen molar-refractivity contribution >= 4 is 17.4 Å². The molecule has 0 bridgehead atoms. The van der Waals surface area contributed by atoms with Crippen molar-refractivity contribution in [1.82, 2.24) is 0 Å². The monoisotopic (exact) mass is 222 g/mol. The van der Waals surface area contributed by atoms with Crippen LogP contribution in [0.2, 0.25) is 5.02 Å². The van der Waals surface area contributed by atoms with Crippen LogP contribution in [0.3, 0.4) is 0 Å². The molecular formula is C12H11ClO2. The van der Waals surface area contributed by atoms with Gasteiger partial charge in [0.2, 0.25) is 0 Å². The van der Waals surface area contributed by atoms with Gasteiger partial charge in [-0.3, -0.25) is 4.79 Å². The zero-order chi connectivity index (χ0) is 11.1. The summed E-state index contributed by atoms with van der Waals surface area (Å²) < 4.78 is 4.99. The third-order valence-electron chi connectivity index (χ3n) is 1.56. The molecular weight excluding hydrogens is 212 g/mol. The maximum Gasteiger partial charge on any atom is 0.155 e. The van der Waals surface area contributed by atoms with E-state index in [9.17, 15) is 4.79 Å². The van der Waals surface area contributed by atoms with Gasteiger partial charge in [0, 0.05) is 10.6 Å². The highest BCUT2D eigenvalue weighted by Gasteiger charge is 1.90. The third-order valence-corrected chi connectivity index (χ3v) is 1.81. The summed E-state index contributed by atoms with van der Waals surface area (Å²) in [6.07, 6.45) is 0. The van der Waals surface area contributed by atoms with Gasteiger partial charge in [-0.25, -0.2) is 0 Å². The molecule has 1 aromatic carbocycles. The number of hydrogen-bond acceptors (Lipinski definition) is 2. The van der Waals surface area contributed by atoms with Gasteiger partial charge in [0.25, 0.3) is 0 Å². The van der Waals surface area contributed by atoms with Gasteiger partial charge >= 0.3 is 0 Å². The Morgan fingerprint density at radius 1 is 1.40 bits per heavy atom. The van der Waals surface area contributed by atoms with Crippen molar-refractivity contribution in [3.8, 4) is 11.8 Å². The summed E-state index contributed by atoms with van der Waals surface area (Å²) >= 11 is 5.72. The first-order valence-electron chi connectivity index (χ1n) is 4.50.